The van der Waals surface area contributed by atoms with Crippen LogP contribution in [0.3, 0.4) is 0 Å². The molecule has 0 saturated carbocycles. The van der Waals surface area contributed by atoms with Gasteiger partial charge in [0.05, 0.1) is 35.5 Å². The maximum Gasteiger partial charge on any atom is 2.00 e. The van der Waals surface area contributed by atoms with E-state index in [2.05, 4.69) is 205 Å². The second kappa shape index (κ2) is 399. The summed E-state index contributed by atoms with van der Waals surface area (Å²) in [5, 5.41) is 0. The van der Waals surface area contributed by atoms with Crippen LogP contribution >= 0.6 is 116 Å². The number of hydrogen-bond acceptors (Lipinski definition) is 10. The number of nitrogens with two attached hydrogens (primary N) is 2. The van der Waals surface area contributed by atoms with Crippen LogP contribution in [-0.4, -0.2) is 64.7 Å². The number of carbonyl (C=O) groups excluding carboxylic acids is 5. The van der Waals surface area contributed by atoms with Gasteiger partial charge in [0.1, 0.15) is 0 Å². The standard InChI is InChI=1S/2C2H3ClO2.3C2H5NO2.10C2H4P.5CH3.2H2N.10V.5W/c5*1-5-2(3)4;10*1-2-3;;;;;;;;;;;;;;;;;;;;;;/h2*1H3;3*1H3,(H2,3,4);10*1-2H,3H2;5*1H3;2*1H2;;;;;;;;;;;;;;;/q;;;;;17*-1;10*+2;;;;;/p-3. The quantitative estimate of drug-likeness (QED) is 0.0957. The first-order chi connectivity index (χ1) is 25.5. The number of methoxy groups -OCH3 is 5. The van der Waals surface area contributed by atoms with Gasteiger partial charge < -0.3 is 156 Å². The van der Waals surface area contributed by atoms with Crippen molar-refractivity contribution in [1.29, 1.82) is 0 Å². The summed E-state index contributed by atoms with van der Waals surface area (Å²) >= 11 is 9.20. The molecule has 0 aliphatic heterocycles. The molecule has 42 heteroatoms. The van der Waals surface area contributed by atoms with Crippen molar-refractivity contribution in [2.45, 2.75) is 0 Å². The molecule has 0 spiro atoms. The first-order valence-electron chi connectivity index (χ1n) is 11.9. The Hall–Kier alpha value is 8.24. The maximum absolute atomic E-state index is 9.36. The molecule has 0 aromatic heterocycles. The molecule has 15 nitrogen and oxygen atoms in total. The van der Waals surface area contributed by atoms with Crippen molar-refractivity contribution in [2.24, 2.45) is 0 Å². The van der Waals surface area contributed by atoms with E-state index in [1.54, 1.807) is 0 Å². The third-order valence-electron chi connectivity index (χ3n) is 0.877. The number of carbonyl (C=O) groups is 5. The van der Waals surface area contributed by atoms with Crippen molar-refractivity contribution >= 4 is 145 Å². The number of rotatable bonds is 0. The summed E-state index contributed by atoms with van der Waals surface area (Å²) in [7, 11) is 28.2. The molecule has 10 atom stereocenters. The van der Waals surface area contributed by atoms with Gasteiger partial charge in [-0.3, -0.25) is 72.6 Å². The average Bonchev–Trinajstić information content (AvgIpc) is 3.09. The molecule has 77 heavy (non-hydrogen) atoms. The summed E-state index contributed by atoms with van der Waals surface area (Å²) in [5.41, 5.74) is 16.3. The predicted octanol–water partition coefficient (Wildman–Crippen LogP) is 16.1. The number of hydrogen-bond donors (Lipinski definition) is 0. The molecule has 3 amide bonds. The Balaban J connectivity index is -0.00000000626. The third kappa shape index (κ3) is 1710. The van der Waals surface area contributed by atoms with Crippen molar-refractivity contribution in [1.82, 2.24) is 0 Å². The fourth-order valence-corrected chi connectivity index (χ4v) is 0. The predicted molar refractivity (Wildman–Crippen MR) is 315 cm³/mol. The van der Waals surface area contributed by atoms with Gasteiger partial charge in [-0.2, -0.15) is 92.4 Å². The average molecular weight is 2540 g/mol. The molecular formula is C35H77Cl2N5O10P10V10W5. The number of ether oxygens (including phenoxy) is 5. The van der Waals surface area contributed by atoms with Crippen LogP contribution in [0.5, 0.6) is 0 Å². The topological polar surface area (TPSA) is 270 Å². The molecular weight excluding hydrogens is 2460 g/mol. The Morgan fingerprint density at radius 3 is 0.325 bits per heavy atom. The van der Waals surface area contributed by atoms with Crippen molar-refractivity contribution in [3.63, 3.8) is 0 Å². The Bertz CT molecular complexity index is 740. The van der Waals surface area contributed by atoms with Gasteiger partial charge in [-0.05, 0) is 0 Å². The van der Waals surface area contributed by atoms with Crippen LogP contribution in [0.2, 0.25) is 0 Å². The van der Waals surface area contributed by atoms with E-state index in [1.807, 2.05) is 0 Å². The molecule has 10 unspecified atom stereocenters. The van der Waals surface area contributed by atoms with E-state index in [0.717, 1.165) is 21.3 Å². The van der Waals surface area contributed by atoms with Gasteiger partial charge in [0, 0.05) is 129 Å². The van der Waals surface area contributed by atoms with Crippen molar-refractivity contribution in [3.8, 4) is 0 Å². The van der Waals surface area contributed by atoms with E-state index < -0.39 is 29.1 Å². The molecule has 0 aliphatic rings. The summed E-state index contributed by atoms with van der Waals surface area (Å²) in [6, 6.07) is 0. The van der Waals surface area contributed by atoms with Crippen LogP contribution < -0.4 is 0 Å². The Morgan fingerprint density at radius 2 is 0.325 bits per heavy atom. The normalized spacial score (nSPS) is 3.86. The molecule has 0 saturated heterocycles. The first-order valence-corrected chi connectivity index (χ1v) is 19.3. The number of amides is 3. The van der Waals surface area contributed by atoms with Crippen LogP contribution in [0.4, 0.5) is 24.0 Å². The van der Waals surface area contributed by atoms with Gasteiger partial charge >= 0.3 is 196 Å². The molecule has 0 aromatic rings. The number of nitrogens with one attached hydrogen (secondary N) is 3. The van der Waals surface area contributed by atoms with Crippen molar-refractivity contribution in [2.75, 3.05) is 35.5 Å². The maximum atomic E-state index is 9.36. The second-order valence-electron chi connectivity index (χ2n) is 4.28. The Labute approximate surface area is 698 Å². The largest absolute Gasteiger partial charge is 2.00 e. The van der Waals surface area contributed by atoms with Crippen LogP contribution in [-0.2, 0) is 315 Å². The van der Waals surface area contributed by atoms with Gasteiger partial charge in [0.25, 0.3) is 0 Å². The van der Waals surface area contributed by atoms with Crippen LogP contribution in [0.25, 0.3) is 29.5 Å². The van der Waals surface area contributed by atoms with E-state index in [-0.39, 0.29) is 340 Å². The third-order valence-corrected chi connectivity index (χ3v) is 1.19. The number of halogens is 2. The molecule has 0 aromatic carbocycles. The molecule has 0 aliphatic carbocycles. The van der Waals surface area contributed by atoms with E-state index in [0.29, 0.717) is 0 Å². The fourth-order valence-electron chi connectivity index (χ4n) is 0. The van der Waals surface area contributed by atoms with Gasteiger partial charge in [-0.1, -0.05) is 0 Å². The zero-order valence-electron chi connectivity index (χ0n) is 43.8. The van der Waals surface area contributed by atoms with Gasteiger partial charge in [0.2, 0.25) is 18.3 Å². The summed E-state index contributed by atoms with van der Waals surface area (Å²) in [4.78, 5) is 46.5. The molecule has 0 rings (SSSR count). The van der Waals surface area contributed by atoms with Crippen molar-refractivity contribution in [3.05, 3.63) is 191 Å². The van der Waals surface area contributed by atoms with Gasteiger partial charge in [-0.25, -0.2) is 9.59 Å². The van der Waals surface area contributed by atoms with Crippen LogP contribution in [0.15, 0.2) is 58.2 Å². The summed E-state index contributed by atoms with van der Waals surface area (Å²) < 4.78 is 19.1. The molecule has 10 radical (unpaired) electrons. The Morgan fingerprint density at radius 1 is 0.299 bits per heavy atom. The molecule has 0 fully saturated rings. The van der Waals surface area contributed by atoms with E-state index in [4.69, 9.17) is 17.2 Å². The summed E-state index contributed by atoms with van der Waals surface area (Å²) in [6.45, 7) is 46.9. The van der Waals surface area contributed by atoms with Crippen LogP contribution in [0.1, 0.15) is 0 Å². The zero-order valence-corrected chi connectivity index (χ0v) is 85.5. The smallest absolute Gasteiger partial charge is 0.693 e. The van der Waals surface area contributed by atoms with Crippen LogP contribution in [0, 0.1) is 103 Å². The minimum atomic E-state index is -0.995. The monoisotopic (exact) mass is 2540 g/mol. The van der Waals surface area contributed by atoms with E-state index >= 15 is 0 Å². The van der Waals surface area contributed by atoms with E-state index in [1.165, 1.54) is 72.4 Å². The zero-order chi connectivity index (χ0) is 48.5. The summed E-state index contributed by atoms with van der Waals surface area (Å²) in [6.07, 6.45) is -2.99. The minimum Gasteiger partial charge on any atom is -0.693 e. The molecule has 0 heterocycles. The minimum absolute atomic E-state index is 0. The molecule has 7 N–H and O–H groups in total. The summed E-state index contributed by atoms with van der Waals surface area (Å²) in [5.74, 6) is 14.2. The van der Waals surface area contributed by atoms with Gasteiger partial charge in [-0.15, -0.1) is 0 Å². The fraction of sp³-hybridized carbons (Fsp3) is 0.143. The molecule has 0 bridgehead atoms. The van der Waals surface area contributed by atoms with Gasteiger partial charge in [0.15, 0.2) is 0 Å². The SMILES string of the molecule is COC(=O)Cl.COC(=O)Cl.COC([NH-])=O.COC([NH-])=O.COC([NH-])=O.[CH-]=CP.[CH-]=CP.[CH-]=CP.[CH-]=CP.[CH-]=CP.[CH-]=CP.[CH-]=CP.[CH-]=CP.[CH-]=CP.[CH-]=CP.[CH3-].[CH3-].[CH3-].[CH3-].[CH3-].[NH2-].[NH2-].[V+2].[V+2].[V+2].[V+2].[V+2].[V+2].[V+2].[V+2].[V+2].[V+2].[W].[W].[W].[W].[W]. The van der Waals surface area contributed by atoms with E-state index in [9.17, 15) is 24.0 Å². The Kier molecular flexibility index (Phi) is 1350. The second-order valence-corrected chi connectivity index (χ2v) is 8.75. The van der Waals surface area contributed by atoms with Crippen molar-refractivity contribution < 1.29 is 339 Å². The molecule has 446 valence electrons. The first kappa shape index (κ1) is 260.